The van der Waals surface area contributed by atoms with E-state index in [4.69, 9.17) is 0 Å². The van der Waals surface area contributed by atoms with Crippen molar-refractivity contribution in [1.82, 2.24) is 0 Å². The molecule has 0 amide bonds. The van der Waals surface area contributed by atoms with Crippen LogP contribution in [0.2, 0.25) is 0 Å². The van der Waals surface area contributed by atoms with Crippen LogP contribution >= 0.6 is 0 Å². The van der Waals surface area contributed by atoms with Crippen molar-refractivity contribution in [3.63, 3.8) is 0 Å². The molecule has 0 saturated carbocycles. The molecule has 1 aliphatic rings. The Kier molecular flexibility index (Phi) is 3.80. The lowest BCUT2D eigenvalue weighted by molar-refractivity contribution is 0.600. The van der Waals surface area contributed by atoms with Gasteiger partial charge in [-0.05, 0) is 37.0 Å². The van der Waals surface area contributed by atoms with E-state index in [9.17, 15) is 8.42 Å². The molecular formula is C13H20N2O2S. The van der Waals surface area contributed by atoms with Crippen LogP contribution in [0, 0.1) is 0 Å². The number of sulfonamides is 1. The highest BCUT2D eigenvalue weighted by Gasteiger charge is 2.15. The van der Waals surface area contributed by atoms with Crippen molar-refractivity contribution in [2.45, 2.75) is 26.2 Å². The molecule has 0 aromatic heterocycles. The van der Waals surface area contributed by atoms with Crippen LogP contribution in [0.25, 0.3) is 0 Å². The maximum Gasteiger partial charge on any atom is 0.232 e. The Morgan fingerprint density at radius 2 is 2.17 bits per heavy atom. The summed E-state index contributed by atoms with van der Waals surface area (Å²) in [5.41, 5.74) is 3.09. The summed E-state index contributed by atoms with van der Waals surface area (Å²) in [6.07, 6.45) is 2.85. The lowest BCUT2D eigenvalue weighted by atomic mass is 10.0. The van der Waals surface area contributed by atoms with Gasteiger partial charge in [0.2, 0.25) is 10.0 Å². The monoisotopic (exact) mass is 268 g/mol. The number of fused-ring (bicyclic) bond motifs is 1. The Labute approximate surface area is 109 Å². The van der Waals surface area contributed by atoms with Crippen molar-refractivity contribution in [2.24, 2.45) is 0 Å². The largest absolute Gasteiger partial charge is 0.374 e. The Morgan fingerprint density at radius 1 is 1.39 bits per heavy atom. The molecule has 18 heavy (non-hydrogen) atoms. The normalized spacial score (nSPS) is 15.3. The molecule has 100 valence electrons. The zero-order valence-electron chi connectivity index (χ0n) is 10.9. The minimum absolute atomic E-state index is 0.167. The number of anilines is 2. The lowest BCUT2D eigenvalue weighted by Gasteiger charge is -2.28. The van der Waals surface area contributed by atoms with E-state index in [1.165, 1.54) is 5.56 Å². The number of nitrogens with zero attached hydrogens (tertiary/aromatic N) is 1. The highest BCUT2D eigenvalue weighted by Crippen LogP contribution is 2.29. The van der Waals surface area contributed by atoms with E-state index in [0.29, 0.717) is 12.1 Å². The van der Waals surface area contributed by atoms with Crippen LogP contribution in [0.4, 0.5) is 11.4 Å². The first kappa shape index (κ1) is 13.2. The third-order valence-electron chi connectivity index (χ3n) is 3.18. The van der Waals surface area contributed by atoms with Gasteiger partial charge in [0.1, 0.15) is 0 Å². The van der Waals surface area contributed by atoms with Crippen molar-refractivity contribution in [3.05, 3.63) is 23.8 Å². The molecule has 0 unspecified atom stereocenters. The van der Waals surface area contributed by atoms with E-state index < -0.39 is 10.0 Å². The Hall–Kier alpha value is -1.23. The van der Waals surface area contributed by atoms with Gasteiger partial charge in [-0.1, -0.05) is 13.0 Å². The first-order chi connectivity index (χ1) is 8.52. The van der Waals surface area contributed by atoms with E-state index in [1.807, 2.05) is 32.2 Å². The van der Waals surface area contributed by atoms with Crippen molar-refractivity contribution >= 4 is 21.4 Å². The van der Waals surface area contributed by atoms with E-state index in [-0.39, 0.29) is 5.75 Å². The summed E-state index contributed by atoms with van der Waals surface area (Å²) in [6.45, 7) is 2.89. The van der Waals surface area contributed by atoms with Crippen molar-refractivity contribution < 1.29 is 8.42 Å². The van der Waals surface area contributed by atoms with Gasteiger partial charge in [-0.2, -0.15) is 0 Å². The number of aryl methyl sites for hydroxylation is 1. The van der Waals surface area contributed by atoms with Crippen LogP contribution in [-0.4, -0.2) is 27.8 Å². The average Bonchev–Trinajstić information content (AvgIpc) is 2.29. The van der Waals surface area contributed by atoms with Gasteiger partial charge in [0.25, 0.3) is 0 Å². The molecular weight excluding hydrogens is 248 g/mol. The molecule has 1 aromatic carbocycles. The molecule has 1 N–H and O–H groups in total. The highest BCUT2D eigenvalue weighted by atomic mass is 32.2. The molecule has 2 rings (SSSR count). The molecule has 0 fully saturated rings. The molecule has 0 aliphatic carbocycles. The summed E-state index contributed by atoms with van der Waals surface area (Å²) in [6, 6.07) is 5.81. The summed E-state index contributed by atoms with van der Waals surface area (Å²) in [5.74, 6) is 0.167. The predicted octanol–water partition coefficient (Wildman–Crippen LogP) is 2.22. The van der Waals surface area contributed by atoms with E-state index in [0.717, 1.165) is 25.1 Å². The van der Waals surface area contributed by atoms with Gasteiger partial charge in [0.15, 0.2) is 0 Å². The summed E-state index contributed by atoms with van der Waals surface area (Å²) in [7, 11) is -1.15. The Morgan fingerprint density at radius 3 is 2.89 bits per heavy atom. The van der Waals surface area contributed by atoms with Gasteiger partial charge < -0.3 is 4.90 Å². The number of benzene rings is 1. The number of rotatable bonds is 4. The molecule has 1 aromatic rings. The van der Waals surface area contributed by atoms with Gasteiger partial charge in [-0.3, -0.25) is 4.72 Å². The van der Waals surface area contributed by atoms with Crippen molar-refractivity contribution in [2.75, 3.05) is 29.0 Å². The fourth-order valence-electron chi connectivity index (χ4n) is 2.32. The number of hydrogen-bond acceptors (Lipinski definition) is 3. The van der Waals surface area contributed by atoms with Gasteiger partial charge >= 0.3 is 0 Å². The summed E-state index contributed by atoms with van der Waals surface area (Å²) in [4.78, 5) is 2.18. The minimum Gasteiger partial charge on any atom is -0.374 e. The topological polar surface area (TPSA) is 49.4 Å². The van der Waals surface area contributed by atoms with E-state index >= 15 is 0 Å². The third kappa shape index (κ3) is 2.96. The highest BCUT2D eigenvalue weighted by molar-refractivity contribution is 7.92. The van der Waals surface area contributed by atoms with Crippen LogP contribution in [0.3, 0.4) is 0 Å². The predicted molar refractivity (Wildman–Crippen MR) is 75.7 cm³/mol. The fraction of sp³-hybridized carbons (Fsp3) is 0.538. The van der Waals surface area contributed by atoms with Crippen LogP contribution < -0.4 is 9.62 Å². The minimum atomic E-state index is -3.20. The molecule has 1 aliphatic heterocycles. The zero-order chi connectivity index (χ0) is 13.2. The fourth-order valence-corrected chi connectivity index (χ4v) is 3.45. The van der Waals surface area contributed by atoms with E-state index in [1.54, 1.807) is 0 Å². The molecule has 0 saturated heterocycles. The molecule has 1 heterocycles. The van der Waals surface area contributed by atoms with Crippen molar-refractivity contribution in [1.29, 1.82) is 0 Å². The molecule has 0 bridgehead atoms. The Balaban J connectivity index is 2.23. The SMILES string of the molecule is CCCS(=O)(=O)Nc1ccc2c(c1)N(C)CCC2. The summed E-state index contributed by atoms with van der Waals surface area (Å²) >= 11 is 0. The van der Waals surface area contributed by atoms with Crippen LogP contribution in [0.5, 0.6) is 0 Å². The molecule has 4 nitrogen and oxygen atoms in total. The first-order valence-corrected chi connectivity index (χ1v) is 8.01. The lowest BCUT2D eigenvalue weighted by Crippen LogP contribution is -2.25. The van der Waals surface area contributed by atoms with Crippen LogP contribution in [0.1, 0.15) is 25.3 Å². The second-order valence-electron chi connectivity index (χ2n) is 4.79. The van der Waals surface area contributed by atoms with Gasteiger partial charge in [0, 0.05) is 19.3 Å². The number of nitrogens with one attached hydrogen (secondary N) is 1. The van der Waals surface area contributed by atoms with E-state index in [2.05, 4.69) is 9.62 Å². The number of hydrogen-bond donors (Lipinski definition) is 1. The zero-order valence-corrected chi connectivity index (χ0v) is 11.8. The quantitative estimate of drug-likeness (QED) is 0.911. The summed E-state index contributed by atoms with van der Waals surface area (Å²) < 4.78 is 26.1. The molecule has 0 spiro atoms. The maximum atomic E-state index is 11.7. The van der Waals surface area contributed by atoms with Crippen LogP contribution in [0.15, 0.2) is 18.2 Å². The van der Waals surface area contributed by atoms with Crippen molar-refractivity contribution in [3.8, 4) is 0 Å². The first-order valence-electron chi connectivity index (χ1n) is 6.36. The van der Waals surface area contributed by atoms with Gasteiger partial charge in [0.05, 0.1) is 11.4 Å². The average molecular weight is 268 g/mol. The smallest absolute Gasteiger partial charge is 0.232 e. The maximum absolute atomic E-state index is 11.7. The summed E-state index contributed by atoms with van der Waals surface area (Å²) in [5, 5.41) is 0. The molecule has 5 heteroatoms. The standard InChI is InChI=1S/C13H20N2O2S/c1-3-9-18(16,17)14-12-7-6-11-5-4-8-15(2)13(11)10-12/h6-7,10,14H,3-5,8-9H2,1-2H3. The molecule has 0 atom stereocenters. The van der Waals surface area contributed by atoms with Gasteiger partial charge in [-0.15, -0.1) is 0 Å². The molecule has 0 radical (unpaired) electrons. The van der Waals surface area contributed by atoms with Gasteiger partial charge in [-0.25, -0.2) is 8.42 Å². The second-order valence-corrected chi connectivity index (χ2v) is 6.63. The Bertz CT molecular complexity index is 526. The third-order valence-corrected chi connectivity index (χ3v) is 4.67. The van der Waals surface area contributed by atoms with Crippen LogP contribution in [-0.2, 0) is 16.4 Å². The second kappa shape index (κ2) is 5.18.